The van der Waals surface area contributed by atoms with Crippen LogP contribution in [0.4, 0.5) is 5.69 Å². The van der Waals surface area contributed by atoms with Gasteiger partial charge in [-0.15, -0.1) is 0 Å². The lowest BCUT2D eigenvalue weighted by Gasteiger charge is -2.09. The molecule has 1 atom stereocenters. The van der Waals surface area contributed by atoms with Crippen molar-refractivity contribution in [1.29, 1.82) is 0 Å². The largest absolute Gasteiger partial charge is 0.398 e. The fourth-order valence-corrected chi connectivity index (χ4v) is 2.73. The average molecular weight is 282 g/mol. The minimum atomic E-state index is -1.39. The molecule has 106 valence electrons. The number of aryl methyl sites for hydroxylation is 1. The highest BCUT2D eigenvalue weighted by atomic mass is 32.2. The molecule has 0 spiro atoms. The van der Waals surface area contributed by atoms with Gasteiger partial charge in [0.1, 0.15) is 5.75 Å². The summed E-state index contributed by atoms with van der Waals surface area (Å²) in [5, 5.41) is 2.78. The zero-order chi connectivity index (χ0) is 14.4. The first-order chi connectivity index (χ1) is 8.90. The van der Waals surface area contributed by atoms with E-state index in [0.717, 1.165) is 12.0 Å². The van der Waals surface area contributed by atoms with Crippen LogP contribution in [-0.4, -0.2) is 22.4 Å². The summed E-state index contributed by atoms with van der Waals surface area (Å²) in [7, 11) is -1.39. The van der Waals surface area contributed by atoms with E-state index in [0.29, 0.717) is 23.0 Å². The van der Waals surface area contributed by atoms with Crippen LogP contribution in [0.3, 0.4) is 0 Å². The lowest BCUT2D eigenvalue weighted by Crippen LogP contribution is -2.29. The predicted molar refractivity (Wildman–Crippen MR) is 79.3 cm³/mol. The lowest BCUT2D eigenvalue weighted by atomic mass is 10.1. The van der Waals surface area contributed by atoms with E-state index in [4.69, 9.17) is 5.73 Å². The molecule has 1 aromatic carbocycles. The first kappa shape index (κ1) is 15.7. The Morgan fingerprint density at radius 3 is 2.74 bits per heavy atom. The van der Waals surface area contributed by atoms with E-state index in [1.54, 1.807) is 12.1 Å². The number of nitrogens with two attached hydrogens (primary N) is 1. The second-order valence-electron chi connectivity index (χ2n) is 5.06. The van der Waals surface area contributed by atoms with E-state index in [-0.39, 0.29) is 11.7 Å². The first-order valence-electron chi connectivity index (χ1n) is 6.41. The monoisotopic (exact) mass is 282 g/mol. The normalized spacial score (nSPS) is 12.4. The molecule has 0 saturated carbocycles. The van der Waals surface area contributed by atoms with Crippen LogP contribution in [0.5, 0.6) is 0 Å². The van der Waals surface area contributed by atoms with E-state index in [1.807, 2.05) is 13.0 Å². The summed E-state index contributed by atoms with van der Waals surface area (Å²) < 4.78 is 12.1. The maximum Gasteiger partial charge on any atom is 0.233 e. The SMILES string of the molecule is Cc1ccc(N)c(S(=O)CC(=O)NCCC(C)C)c1. The molecule has 0 aliphatic heterocycles. The number of anilines is 1. The quantitative estimate of drug-likeness (QED) is 0.782. The van der Waals surface area contributed by atoms with Crippen LogP contribution in [0.1, 0.15) is 25.8 Å². The molecule has 3 N–H and O–H groups in total. The van der Waals surface area contributed by atoms with Gasteiger partial charge in [0.2, 0.25) is 5.91 Å². The summed E-state index contributed by atoms with van der Waals surface area (Å²) in [6.45, 7) is 6.72. The number of carbonyl (C=O) groups is 1. The maximum atomic E-state index is 12.1. The van der Waals surface area contributed by atoms with Crippen LogP contribution in [0.15, 0.2) is 23.1 Å². The number of rotatable bonds is 6. The van der Waals surface area contributed by atoms with Crippen LogP contribution in [0.25, 0.3) is 0 Å². The lowest BCUT2D eigenvalue weighted by molar-refractivity contribution is -0.118. The van der Waals surface area contributed by atoms with Crippen LogP contribution >= 0.6 is 0 Å². The fraction of sp³-hybridized carbons (Fsp3) is 0.500. The summed E-state index contributed by atoms with van der Waals surface area (Å²) >= 11 is 0. The second kappa shape index (κ2) is 7.28. The van der Waals surface area contributed by atoms with Gasteiger partial charge in [-0.3, -0.25) is 9.00 Å². The Morgan fingerprint density at radius 1 is 1.42 bits per heavy atom. The molecule has 0 saturated heterocycles. The highest BCUT2D eigenvalue weighted by Gasteiger charge is 2.12. The van der Waals surface area contributed by atoms with E-state index in [1.165, 1.54) is 0 Å². The number of nitrogens with one attached hydrogen (secondary N) is 1. The third-order valence-electron chi connectivity index (χ3n) is 2.72. The van der Waals surface area contributed by atoms with E-state index in [2.05, 4.69) is 19.2 Å². The zero-order valence-electron chi connectivity index (χ0n) is 11.7. The van der Waals surface area contributed by atoms with Gasteiger partial charge in [0, 0.05) is 12.2 Å². The third kappa shape index (κ3) is 5.42. The Bertz CT molecular complexity index is 473. The number of hydrogen-bond donors (Lipinski definition) is 2. The molecule has 1 unspecified atom stereocenters. The Morgan fingerprint density at radius 2 is 2.11 bits per heavy atom. The van der Waals surface area contributed by atoms with Gasteiger partial charge in [-0.2, -0.15) is 0 Å². The van der Waals surface area contributed by atoms with Crippen molar-refractivity contribution < 1.29 is 9.00 Å². The molecule has 0 aromatic heterocycles. The van der Waals surface area contributed by atoms with E-state index in [9.17, 15) is 9.00 Å². The Hall–Kier alpha value is -1.36. The average Bonchev–Trinajstić information content (AvgIpc) is 2.31. The molecule has 1 rings (SSSR count). The third-order valence-corrected chi connectivity index (χ3v) is 4.09. The summed E-state index contributed by atoms with van der Waals surface area (Å²) in [5.74, 6) is 0.310. The van der Waals surface area contributed by atoms with Crippen LogP contribution in [0.2, 0.25) is 0 Å². The molecule has 19 heavy (non-hydrogen) atoms. The van der Waals surface area contributed by atoms with E-state index >= 15 is 0 Å². The van der Waals surface area contributed by atoms with Crippen LogP contribution < -0.4 is 11.1 Å². The molecule has 1 aromatic rings. The van der Waals surface area contributed by atoms with Crippen molar-refractivity contribution in [3.63, 3.8) is 0 Å². The molecule has 0 aliphatic rings. The minimum Gasteiger partial charge on any atom is -0.398 e. The van der Waals surface area contributed by atoms with Gasteiger partial charge >= 0.3 is 0 Å². The van der Waals surface area contributed by atoms with Gasteiger partial charge in [0.25, 0.3) is 0 Å². The fourth-order valence-electron chi connectivity index (χ4n) is 1.59. The standard InChI is InChI=1S/C14H22N2O2S/c1-10(2)6-7-16-14(17)9-19(18)13-8-11(3)4-5-12(13)15/h4-5,8,10H,6-7,9,15H2,1-3H3,(H,16,17). The highest BCUT2D eigenvalue weighted by Crippen LogP contribution is 2.18. The maximum absolute atomic E-state index is 12.1. The molecule has 0 radical (unpaired) electrons. The molecule has 0 heterocycles. The molecular formula is C14H22N2O2S. The topological polar surface area (TPSA) is 72.2 Å². The summed E-state index contributed by atoms with van der Waals surface area (Å²) in [4.78, 5) is 12.2. The molecule has 4 nitrogen and oxygen atoms in total. The number of nitrogen functional groups attached to an aromatic ring is 1. The smallest absolute Gasteiger partial charge is 0.233 e. The first-order valence-corrected chi connectivity index (χ1v) is 7.73. The molecule has 0 fully saturated rings. The summed E-state index contributed by atoms with van der Waals surface area (Å²) in [6.07, 6.45) is 0.922. The van der Waals surface area contributed by atoms with Gasteiger partial charge in [0.05, 0.1) is 15.7 Å². The van der Waals surface area contributed by atoms with Gasteiger partial charge in [-0.25, -0.2) is 0 Å². The number of benzene rings is 1. The zero-order valence-corrected chi connectivity index (χ0v) is 12.5. The van der Waals surface area contributed by atoms with Gasteiger partial charge < -0.3 is 11.1 Å². The summed E-state index contributed by atoms with van der Waals surface area (Å²) in [6, 6.07) is 5.35. The van der Waals surface area contributed by atoms with Crippen LogP contribution in [0, 0.1) is 12.8 Å². The van der Waals surface area contributed by atoms with Crippen molar-refractivity contribution >= 4 is 22.4 Å². The van der Waals surface area contributed by atoms with Crippen molar-refractivity contribution in [2.75, 3.05) is 18.0 Å². The second-order valence-corrected chi connectivity index (χ2v) is 6.48. The summed E-state index contributed by atoms with van der Waals surface area (Å²) in [5.41, 5.74) is 7.24. The van der Waals surface area contributed by atoms with Gasteiger partial charge in [0.15, 0.2) is 0 Å². The number of amides is 1. The minimum absolute atomic E-state index is 0.0360. The highest BCUT2D eigenvalue weighted by molar-refractivity contribution is 7.86. The Labute approximate surface area is 117 Å². The molecule has 0 aliphatic carbocycles. The number of hydrogen-bond acceptors (Lipinski definition) is 3. The Balaban J connectivity index is 2.54. The van der Waals surface area contributed by atoms with E-state index < -0.39 is 10.8 Å². The number of carbonyl (C=O) groups excluding carboxylic acids is 1. The van der Waals surface area contributed by atoms with Crippen molar-refractivity contribution in [2.24, 2.45) is 5.92 Å². The predicted octanol–water partition coefficient (Wildman–Crippen LogP) is 1.85. The van der Waals surface area contributed by atoms with Gasteiger partial charge in [-0.05, 0) is 37.0 Å². The van der Waals surface area contributed by atoms with Crippen molar-refractivity contribution in [3.05, 3.63) is 23.8 Å². The van der Waals surface area contributed by atoms with Crippen molar-refractivity contribution in [1.82, 2.24) is 5.32 Å². The van der Waals surface area contributed by atoms with Crippen LogP contribution in [-0.2, 0) is 15.6 Å². The van der Waals surface area contributed by atoms with Crippen molar-refractivity contribution in [3.8, 4) is 0 Å². The molecule has 1 amide bonds. The Kier molecular flexibility index (Phi) is 6.02. The molecule has 0 bridgehead atoms. The van der Waals surface area contributed by atoms with Crippen molar-refractivity contribution in [2.45, 2.75) is 32.1 Å². The molecule has 5 heteroatoms. The van der Waals surface area contributed by atoms with Gasteiger partial charge in [-0.1, -0.05) is 19.9 Å². The molecular weight excluding hydrogens is 260 g/mol.